The molecule has 1 fully saturated rings. The van der Waals surface area contributed by atoms with Gasteiger partial charge in [0.15, 0.2) is 16.6 Å². The summed E-state index contributed by atoms with van der Waals surface area (Å²) in [6, 6.07) is 5.41. The molecule has 0 saturated carbocycles. The third kappa shape index (κ3) is 6.82. The SMILES string of the molecule is COc1ccc(CCNC(=O)Cc2csc(NC(=O)N3CCN(C(C)=O)CC3)n2)cc1OC. The highest BCUT2D eigenvalue weighted by molar-refractivity contribution is 7.13. The first-order valence-corrected chi connectivity index (χ1v) is 11.5. The number of nitrogens with one attached hydrogen (secondary N) is 2. The summed E-state index contributed by atoms with van der Waals surface area (Å²) in [4.78, 5) is 43.8. The van der Waals surface area contributed by atoms with Crippen LogP contribution in [0.15, 0.2) is 23.6 Å². The third-order valence-electron chi connectivity index (χ3n) is 5.30. The molecule has 1 aliphatic rings. The smallest absolute Gasteiger partial charge is 0.323 e. The number of thiazole rings is 1. The Morgan fingerprint density at radius 2 is 1.76 bits per heavy atom. The molecule has 0 bridgehead atoms. The van der Waals surface area contributed by atoms with Gasteiger partial charge in [0.2, 0.25) is 11.8 Å². The average molecular weight is 476 g/mol. The van der Waals surface area contributed by atoms with Crippen LogP contribution in [0.25, 0.3) is 0 Å². The number of hydrogen-bond donors (Lipinski definition) is 2. The zero-order valence-electron chi connectivity index (χ0n) is 19.1. The Morgan fingerprint density at radius 1 is 1.06 bits per heavy atom. The van der Waals surface area contributed by atoms with Crippen LogP contribution in [0.3, 0.4) is 0 Å². The number of aromatic nitrogens is 1. The van der Waals surface area contributed by atoms with Gasteiger partial charge in [0.25, 0.3) is 0 Å². The van der Waals surface area contributed by atoms with E-state index in [1.165, 1.54) is 18.3 Å². The highest BCUT2D eigenvalue weighted by atomic mass is 32.1. The van der Waals surface area contributed by atoms with Gasteiger partial charge >= 0.3 is 6.03 Å². The fourth-order valence-corrected chi connectivity index (χ4v) is 4.15. The lowest BCUT2D eigenvalue weighted by Crippen LogP contribution is -2.51. The van der Waals surface area contributed by atoms with Crippen molar-refractivity contribution in [3.05, 3.63) is 34.8 Å². The minimum absolute atomic E-state index is 0.0154. The Kier molecular flexibility index (Phi) is 8.47. The van der Waals surface area contributed by atoms with Crippen LogP contribution >= 0.6 is 11.3 Å². The van der Waals surface area contributed by atoms with Crippen LogP contribution in [0.5, 0.6) is 11.5 Å². The topological polar surface area (TPSA) is 113 Å². The molecular formula is C22H29N5O5S. The van der Waals surface area contributed by atoms with Gasteiger partial charge in [-0.25, -0.2) is 9.78 Å². The second-order valence-corrected chi connectivity index (χ2v) is 8.39. The Morgan fingerprint density at radius 3 is 2.42 bits per heavy atom. The molecule has 2 heterocycles. The normalized spacial score (nSPS) is 13.4. The molecule has 4 amide bonds. The van der Waals surface area contributed by atoms with Crippen LogP contribution in [-0.2, 0) is 22.4 Å². The monoisotopic (exact) mass is 475 g/mol. The second-order valence-electron chi connectivity index (χ2n) is 7.53. The average Bonchev–Trinajstić information content (AvgIpc) is 3.25. The van der Waals surface area contributed by atoms with E-state index in [0.29, 0.717) is 61.5 Å². The van der Waals surface area contributed by atoms with E-state index < -0.39 is 0 Å². The van der Waals surface area contributed by atoms with Crippen LogP contribution in [0.1, 0.15) is 18.2 Å². The van der Waals surface area contributed by atoms with Crippen molar-refractivity contribution in [3.8, 4) is 11.5 Å². The number of ether oxygens (including phenoxy) is 2. The van der Waals surface area contributed by atoms with Crippen molar-refractivity contribution in [1.82, 2.24) is 20.1 Å². The van der Waals surface area contributed by atoms with Crippen molar-refractivity contribution in [1.29, 1.82) is 0 Å². The summed E-state index contributed by atoms with van der Waals surface area (Å²) in [7, 11) is 3.17. The predicted molar refractivity (Wildman–Crippen MR) is 125 cm³/mol. The molecule has 2 N–H and O–H groups in total. The zero-order chi connectivity index (χ0) is 23.8. The van der Waals surface area contributed by atoms with Gasteiger partial charge < -0.3 is 24.6 Å². The Hall–Kier alpha value is -3.34. The number of carbonyl (C=O) groups excluding carboxylic acids is 3. The Bertz CT molecular complexity index is 987. The lowest BCUT2D eigenvalue weighted by atomic mass is 10.1. The summed E-state index contributed by atoms with van der Waals surface area (Å²) in [6.45, 7) is 4.01. The van der Waals surface area contributed by atoms with Gasteiger partial charge in [0, 0.05) is 45.0 Å². The first kappa shape index (κ1) is 24.3. The number of benzene rings is 1. The van der Waals surface area contributed by atoms with Gasteiger partial charge in [-0.2, -0.15) is 0 Å². The Balaban J connectivity index is 1.41. The molecule has 33 heavy (non-hydrogen) atoms. The largest absolute Gasteiger partial charge is 0.493 e. The Labute approximate surface area is 196 Å². The number of rotatable bonds is 8. The fourth-order valence-electron chi connectivity index (χ4n) is 3.45. The van der Waals surface area contributed by atoms with Crippen LogP contribution < -0.4 is 20.1 Å². The van der Waals surface area contributed by atoms with Crippen LogP contribution in [0.2, 0.25) is 0 Å². The highest BCUT2D eigenvalue weighted by Gasteiger charge is 2.23. The van der Waals surface area contributed by atoms with Crippen molar-refractivity contribution in [3.63, 3.8) is 0 Å². The first-order chi connectivity index (χ1) is 15.9. The van der Waals surface area contributed by atoms with Crippen LogP contribution in [0, 0.1) is 0 Å². The summed E-state index contributed by atoms with van der Waals surface area (Å²) in [6.07, 6.45) is 0.789. The van der Waals surface area contributed by atoms with Crippen LogP contribution in [-0.4, -0.2) is 79.6 Å². The standard InChI is InChI=1S/C22H29N5O5S/c1-15(28)26-8-10-27(11-9-26)22(30)25-21-24-17(14-33-21)13-20(29)23-7-6-16-4-5-18(31-2)19(12-16)32-3/h4-5,12,14H,6-11,13H2,1-3H3,(H,23,29)(H,24,25,30). The minimum atomic E-state index is -0.251. The number of methoxy groups -OCH3 is 2. The number of nitrogens with zero attached hydrogens (tertiary/aromatic N) is 3. The summed E-state index contributed by atoms with van der Waals surface area (Å²) < 4.78 is 10.5. The van der Waals surface area contributed by atoms with Gasteiger partial charge in [0.05, 0.1) is 26.3 Å². The molecule has 1 aromatic carbocycles. The van der Waals surface area contributed by atoms with Gasteiger partial charge in [0.1, 0.15) is 0 Å². The number of anilines is 1. The first-order valence-electron chi connectivity index (χ1n) is 10.6. The molecule has 0 atom stereocenters. The summed E-state index contributed by atoms with van der Waals surface area (Å²) in [5.41, 5.74) is 1.62. The quantitative estimate of drug-likeness (QED) is 0.602. The van der Waals surface area contributed by atoms with E-state index in [-0.39, 0.29) is 24.3 Å². The number of carbonyl (C=O) groups is 3. The van der Waals surface area contributed by atoms with Gasteiger partial charge in [-0.1, -0.05) is 6.07 Å². The molecule has 3 rings (SSSR count). The summed E-state index contributed by atoms with van der Waals surface area (Å²) in [5, 5.41) is 7.87. The van der Waals surface area contributed by atoms with Crippen molar-refractivity contribution in [2.24, 2.45) is 0 Å². The number of hydrogen-bond acceptors (Lipinski definition) is 7. The molecule has 0 radical (unpaired) electrons. The molecule has 1 aliphatic heterocycles. The maximum atomic E-state index is 12.4. The van der Waals surface area contributed by atoms with E-state index in [1.54, 1.807) is 29.4 Å². The van der Waals surface area contributed by atoms with E-state index in [4.69, 9.17) is 9.47 Å². The second kappa shape index (κ2) is 11.5. The lowest BCUT2D eigenvalue weighted by Gasteiger charge is -2.33. The van der Waals surface area contributed by atoms with E-state index >= 15 is 0 Å². The van der Waals surface area contributed by atoms with Gasteiger partial charge in [-0.05, 0) is 24.1 Å². The van der Waals surface area contributed by atoms with Gasteiger partial charge in [-0.3, -0.25) is 14.9 Å². The molecule has 1 aromatic heterocycles. The summed E-state index contributed by atoms with van der Waals surface area (Å²) >= 11 is 1.28. The van der Waals surface area contributed by atoms with E-state index in [1.807, 2.05) is 18.2 Å². The molecule has 10 nitrogen and oxygen atoms in total. The maximum absolute atomic E-state index is 12.4. The van der Waals surface area contributed by atoms with E-state index in [0.717, 1.165) is 5.56 Å². The molecule has 0 spiro atoms. The molecule has 0 unspecified atom stereocenters. The van der Waals surface area contributed by atoms with Gasteiger partial charge in [-0.15, -0.1) is 11.3 Å². The lowest BCUT2D eigenvalue weighted by molar-refractivity contribution is -0.130. The molecular weight excluding hydrogens is 446 g/mol. The fraction of sp³-hybridized carbons (Fsp3) is 0.455. The van der Waals surface area contributed by atoms with Crippen molar-refractivity contribution in [2.75, 3.05) is 52.3 Å². The number of amides is 4. The zero-order valence-corrected chi connectivity index (χ0v) is 19.9. The predicted octanol–water partition coefficient (Wildman–Crippen LogP) is 1.76. The van der Waals surface area contributed by atoms with E-state index in [2.05, 4.69) is 15.6 Å². The number of piperazine rings is 1. The maximum Gasteiger partial charge on any atom is 0.323 e. The van der Waals surface area contributed by atoms with E-state index in [9.17, 15) is 14.4 Å². The molecule has 2 aromatic rings. The highest BCUT2D eigenvalue weighted by Crippen LogP contribution is 2.27. The molecule has 178 valence electrons. The minimum Gasteiger partial charge on any atom is -0.493 e. The van der Waals surface area contributed by atoms with Crippen LogP contribution in [0.4, 0.5) is 9.93 Å². The molecule has 0 aliphatic carbocycles. The van der Waals surface area contributed by atoms with Crippen molar-refractivity contribution < 1.29 is 23.9 Å². The third-order valence-corrected chi connectivity index (χ3v) is 6.11. The molecule has 11 heteroatoms. The summed E-state index contributed by atoms with van der Waals surface area (Å²) in [5.74, 6) is 1.19. The van der Waals surface area contributed by atoms with Crippen molar-refractivity contribution in [2.45, 2.75) is 19.8 Å². The van der Waals surface area contributed by atoms with Crippen molar-refractivity contribution >= 4 is 34.3 Å². The number of urea groups is 1. The molecule has 1 saturated heterocycles.